The molecule has 0 bridgehead atoms. The van der Waals surface area contributed by atoms with Gasteiger partial charge in [-0.1, -0.05) is 0 Å². The summed E-state index contributed by atoms with van der Waals surface area (Å²) in [5, 5.41) is 0. The molecule has 0 aromatic carbocycles. The van der Waals surface area contributed by atoms with E-state index in [1.54, 1.807) is 21.9 Å². The highest BCUT2D eigenvalue weighted by molar-refractivity contribution is 5.82. The lowest BCUT2D eigenvalue weighted by Crippen LogP contribution is -2.33. The zero-order chi connectivity index (χ0) is 13.1. The number of carbonyl (C=O) groups is 1. The van der Waals surface area contributed by atoms with Crippen molar-refractivity contribution in [1.29, 1.82) is 0 Å². The van der Waals surface area contributed by atoms with E-state index in [0.29, 0.717) is 24.6 Å². The number of hydrogen-bond acceptors (Lipinski definition) is 4. The molecule has 0 saturated carbocycles. The van der Waals surface area contributed by atoms with E-state index in [9.17, 15) is 4.79 Å². The van der Waals surface area contributed by atoms with Crippen molar-refractivity contribution >= 4 is 22.9 Å². The molecule has 0 unspecified atom stereocenters. The smallest absolute Gasteiger partial charge is 0.242 e. The average Bonchev–Trinajstić information content (AvgIpc) is 2.68. The van der Waals surface area contributed by atoms with Gasteiger partial charge in [-0.3, -0.25) is 9.78 Å². The third-order valence-electron chi connectivity index (χ3n) is 2.99. The van der Waals surface area contributed by atoms with Crippen LogP contribution in [0.25, 0.3) is 11.0 Å². The first-order valence-electron chi connectivity index (χ1n) is 6.00. The van der Waals surface area contributed by atoms with Gasteiger partial charge in [0.05, 0.1) is 11.7 Å². The second kappa shape index (κ2) is 5.03. The standard InChI is InChI=1S/C12H17N5O/c1-3-16(4-2)11(18)8-17-10-5-6-14-7-9(10)15-12(17)13/h5-7H,3-4,8H2,1-2H3,(H2,13,15). The number of likely N-dealkylation sites (N-methyl/N-ethyl adjacent to an activating group) is 1. The van der Waals surface area contributed by atoms with Crippen LogP contribution in [0.3, 0.4) is 0 Å². The maximum atomic E-state index is 12.1. The molecule has 96 valence electrons. The van der Waals surface area contributed by atoms with Crippen LogP contribution in [-0.4, -0.2) is 38.4 Å². The van der Waals surface area contributed by atoms with Gasteiger partial charge in [0, 0.05) is 19.3 Å². The van der Waals surface area contributed by atoms with E-state index in [4.69, 9.17) is 5.73 Å². The number of amides is 1. The molecule has 0 atom stereocenters. The van der Waals surface area contributed by atoms with Crippen LogP contribution in [0.15, 0.2) is 18.5 Å². The summed E-state index contributed by atoms with van der Waals surface area (Å²) in [6.07, 6.45) is 3.31. The highest BCUT2D eigenvalue weighted by Crippen LogP contribution is 2.16. The fraction of sp³-hybridized carbons (Fsp3) is 0.417. The van der Waals surface area contributed by atoms with Crippen molar-refractivity contribution in [3.05, 3.63) is 18.5 Å². The predicted octanol–water partition coefficient (Wildman–Crippen LogP) is 0.882. The number of nitrogens with two attached hydrogens (primary N) is 1. The lowest BCUT2D eigenvalue weighted by atomic mass is 10.4. The Morgan fingerprint density at radius 3 is 2.83 bits per heavy atom. The third kappa shape index (κ3) is 2.13. The molecule has 2 rings (SSSR count). The van der Waals surface area contributed by atoms with Gasteiger partial charge >= 0.3 is 0 Å². The normalized spacial score (nSPS) is 10.8. The summed E-state index contributed by atoms with van der Waals surface area (Å²) in [5.41, 5.74) is 7.38. The van der Waals surface area contributed by atoms with Crippen molar-refractivity contribution in [2.75, 3.05) is 18.8 Å². The summed E-state index contributed by atoms with van der Waals surface area (Å²) >= 11 is 0. The number of anilines is 1. The number of imidazole rings is 1. The van der Waals surface area contributed by atoms with E-state index in [1.165, 1.54) is 0 Å². The minimum absolute atomic E-state index is 0.0443. The Hall–Kier alpha value is -2.11. The Labute approximate surface area is 105 Å². The van der Waals surface area contributed by atoms with Crippen LogP contribution in [0.4, 0.5) is 5.95 Å². The summed E-state index contributed by atoms with van der Waals surface area (Å²) in [4.78, 5) is 22.0. The van der Waals surface area contributed by atoms with E-state index in [1.807, 2.05) is 19.9 Å². The lowest BCUT2D eigenvalue weighted by molar-refractivity contribution is -0.131. The van der Waals surface area contributed by atoms with Crippen molar-refractivity contribution in [3.8, 4) is 0 Å². The van der Waals surface area contributed by atoms with E-state index >= 15 is 0 Å². The molecule has 6 nitrogen and oxygen atoms in total. The van der Waals surface area contributed by atoms with Gasteiger partial charge in [0.1, 0.15) is 12.1 Å². The summed E-state index contributed by atoms with van der Waals surface area (Å²) in [6.45, 7) is 5.53. The Morgan fingerprint density at radius 1 is 1.44 bits per heavy atom. The molecule has 1 amide bonds. The van der Waals surface area contributed by atoms with E-state index in [-0.39, 0.29) is 12.5 Å². The molecule has 6 heteroatoms. The first-order chi connectivity index (χ1) is 8.67. The summed E-state index contributed by atoms with van der Waals surface area (Å²) in [6, 6.07) is 1.81. The molecule has 2 heterocycles. The van der Waals surface area contributed by atoms with Gasteiger partial charge in [-0.15, -0.1) is 0 Å². The quantitative estimate of drug-likeness (QED) is 0.870. The summed E-state index contributed by atoms with van der Waals surface area (Å²) < 4.78 is 1.72. The molecular formula is C12H17N5O. The van der Waals surface area contributed by atoms with Crippen LogP contribution >= 0.6 is 0 Å². The van der Waals surface area contributed by atoms with Crippen LogP contribution in [0.5, 0.6) is 0 Å². The van der Waals surface area contributed by atoms with Crippen molar-refractivity contribution in [3.63, 3.8) is 0 Å². The number of nitrogen functional groups attached to an aromatic ring is 1. The van der Waals surface area contributed by atoms with Gasteiger partial charge in [0.25, 0.3) is 0 Å². The second-order valence-electron chi connectivity index (χ2n) is 3.99. The Balaban J connectivity index is 2.31. The number of fused-ring (bicyclic) bond motifs is 1. The van der Waals surface area contributed by atoms with E-state index in [0.717, 1.165) is 5.52 Å². The number of hydrogen-bond donors (Lipinski definition) is 1. The first kappa shape index (κ1) is 12.3. The van der Waals surface area contributed by atoms with E-state index in [2.05, 4.69) is 9.97 Å². The molecule has 18 heavy (non-hydrogen) atoms. The van der Waals surface area contributed by atoms with Gasteiger partial charge in [0.15, 0.2) is 0 Å². The summed E-state index contributed by atoms with van der Waals surface area (Å²) in [7, 11) is 0. The second-order valence-corrected chi connectivity index (χ2v) is 3.99. The highest BCUT2D eigenvalue weighted by atomic mass is 16.2. The maximum absolute atomic E-state index is 12.1. The average molecular weight is 247 g/mol. The first-order valence-corrected chi connectivity index (χ1v) is 6.00. The monoisotopic (exact) mass is 247 g/mol. The number of aromatic nitrogens is 3. The molecule has 0 aliphatic heterocycles. The van der Waals surface area contributed by atoms with Gasteiger partial charge < -0.3 is 15.2 Å². The van der Waals surface area contributed by atoms with Crippen molar-refractivity contribution in [1.82, 2.24) is 19.4 Å². The van der Waals surface area contributed by atoms with Crippen LogP contribution in [0.2, 0.25) is 0 Å². The Bertz CT molecular complexity index is 559. The fourth-order valence-corrected chi connectivity index (χ4v) is 1.98. The Morgan fingerprint density at radius 2 is 2.17 bits per heavy atom. The van der Waals surface area contributed by atoms with Gasteiger partial charge in [0.2, 0.25) is 11.9 Å². The molecule has 0 spiro atoms. The molecule has 2 N–H and O–H groups in total. The minimum atomic E-state index is 0.0443. The number of pyridine rings is 1. The van der Waals surface area contributed by atoms with Crippen LogP contribution < -0.4 is 5.73 Å². The third-order valence-corrected chi connectivity index (χ3v) is 2.99. The van der Waals surface area contributed by atoms with Crippen LogP contribution in [0, 0.1) is 0 Å². The number of nitrogens with zero attached hydrogens (tertiary/aromatic N) is 4. The molecule has 2 aromatic rings. The minimum Gasteiger partial charge on any atom is -0.369 e. The highest BCUT2D eigenvalue weighted by Gasteiger charge is 2.14. The molecule has 0 aliphatic carbocycles. The molecular weight excluding hydrogens is 230 g/mol. The van der Waals surface area contributed by atoms with Gasteiger partial charge in [-0.2, -0.15) is 0 Å². The van der Waals surface area contributed by atoms with Crippen LogP contribution in [-0.2, 0) is 11.3 Å². The zero-order valence-corrected chi connectivity index (χ0v) is 10.6. The largest absolute Gasteiger partial charge is 0.369 e. The molecule has 2 aromatic heterocycles. The van der Waals surface area contributed by atoms with Gasteiger partial charge in [-0.05, 0) is 19.9 Å². The topological polar surface area (TPSA) is 77.0 Å². The molecule has 0 radical (unpaired) electrons. The maximum Gasteiger partial charge on any atom is 0.242 e. The zero-order valence-electron chi connectivity index (χ0n) is 10.6. The molecule has 0 fully saturated rings. The van der Waals surface area contributed by atoms with Crippen molar-refractivity contribution in [2.45, 2.75) is 20.4 Å². The number of rotatable bonds is 4. The lowest BCUT2D eigenvalue weighted by Gasteiger charge is -2.19. The predicted molar refractivity (Wildman–Crippen MR) is 69.9 cm³/mol. The van der Waals surface area contributed by atoms with Crippen molar-refractivity contribution in [2.24, 2.45) is 0 Å². The van der Waals surface area contributed by atoms with Crippen molar-refractivity contribution < 1.29 is 4.79 Å². The number of carbonyl (C=O) groups excluding carboxylic acids is 1. The molecule has 0 saturated heterocycles. The van der Waals surface area contributed by atoms with E-state index < -0.39 is 0 Å². The fourth-order valence-electron chi connectivity index (χ4n) is 1.98. The SMILES string of the molecule is CCN(CC)C(=O)Cn1c(N)nc2cnccc21. The van der Waals surface area contributed by atoms with Gasteiger partial charge in [-0.25, -0.2) is 4.98 Å². The summed E-state index contributed by atoms with van der Waals surface area (Å²) in [5.74, 6) is 0.390. The Kier molecular flexibility index (Phi) is 3.45. The molecule has 0 aliphatic rings. The van der Waals surface area contributed by atoms with Crippen LogP contribution in [0.1, 0.15) is 13.8 Å².